The molecule has 1 fully saturated rings. The maximum absolute atomic E-state index is 3.63. The van der Waals surface area contributed by atoms with Crippen LogP contribution in [-0.4, -0.2) is 30.6 Å². The van der Waals surface area contributed by atoms with E-state index < -0.39 is 0 Å². The van der Waals surface area contributed by atoms with Crippen molar-refractivity contribution in [3.05, 3.63) is 20.8 Å². The molecule has 102 valence electrons. The molecule has 1 aromatic rings. The monoisotopic (exact) mass is 330 g/mol. The van der Waals surface area contributed by atoms with Crippen LogP contribution in [0.4, 0.5) is 0 Å². The summed E-state index contributed by atoms with van der Waals surface area (Å²) in [5.74, 6) is 0.694. The van der Waals surface area contributed by atoms with Crippen LogP contribution >= 0.6 is 27.3 Å². The van der Waals surface area contributed by atoms with Crippen molar-refractivity contribution in [3.8, 4) is 0 Å². The Morgan fingerprint density at radius 2 is 2.22 bits per heavy atom. The molecule has 1 aromatic heterocycles. The lowest BCUT2D eigenvalue weighted by Crippen LogP contribution is -2.38. The molecule has 1 N–H and O–H groups in total. The van der Waals surface area contributed by atoms with Crippen molar-refractivity contribution in [2.24, 2.45) is 5.92 Å². The Balaban J connectivity index is 1.77. The maximum Gasteiger partial charge on any atom is 0.0328 e. The third-order valence-corrected chi connectivity index (χ3v) is 5.53. The fourth-order valence-corrected chi connectivity index (χ4v) is 3.58. The van der Waals surface area contributed by atoms with E-state index in [1.807, 2.05) is 11.3 Å². The second-order valence-corrected chi connectivity index (χ2v) is 7.46. The second-order valence-electron chi connectivity index (χ2n) is 5.55. The highest BCUT2D eigenvalue weighted by molar-refractivity contribution is 9.10. The van der Waals surface area contributed by atoms with Gasteiger partial charge < -0.3 is 5.32 Å². The maximum atomic E-state index is 3.63. The fourth-order valence-electron chi connectivity index (χ4n) is 2.07. The molecule has 2 unspecified atom stereocenters. The molecule has 1 saturated carbocycles. The first-order chi connectivity index (χ1) is 8.56. The predicted octanol–water partition coefficient (Wildman–Crippen LogP) is 3.72. The number of thiophene rings is 1. The van der Waals surface area contributed by atoms with Crippen molar-refractivity contribution in [2.75, 3.05) is 13.6 Å². The first kappa shape index (κ1) is 14.5. The minimum atomic E-state index is 0.608. The van der Waals surface area contributed by atoms with Gasteiger partial charge in [0.15, 0.2) is 0 Å². The van der Waals surface area contributed by atoms with Crippen LogP contribution in [0.25, 0.3) is 0 Å². The van der Waals surface area contributed by atoms with Crippen molar-refractivity contribution in [3.63, 3.8) is 0 Å². The standard InChI is InChI=1S/C14H23BrN2S/c1-10(7-16-13-4-5-13)11(2)17(3)8-14-6-12(15)9-18-14/h6,9-11,13,16H,4-5,7-8H2,1-3H3. The van der Waals surface area contributed by atoms with Crippen LogP contribution in [0.15, 0.2) is 15.9 Å². The van der Waals surface area contributed by atoms with Gasteiger partial charge in [-0.05, 0) is 61.3 Å². The number of nitrogens with zero attached hydrogens (tertiary/aromatic N) is 1. The molecule has 0 bridgehead atoms. The van der Waals surface area contributed by atoms with E-state index in [4.69, 9.17) is 0 Å². The Morgan fingerprint density at radius 1 is 1.50 bits per heavy atom. The summed E-state index contributed by atoms with van der Waals surface area (Å²) < 4.78 is 1.20. The van der Waals surface area contributed by atoms with Crippen molar-refractivity contribution in [1.29, 1.82) is 0 Å². The second kappa shape index (κ2) is 6.51. The molecule has 2 rings (SSSR count). The number of rotatable bonds is 7. The normalized spacial score (nSPS) is 19.2. The van der Waals surface area contributed by atoms with Gasteiger partial charge in [0.2, 0.25) is 0 Å². The van der Waals surface area contributed by atoms with Crippen LogP contribution in [0.1, 0.15) is 31.6 Å². The van der Waals surface area contributed by atoms with Gasteiger partial charge in [-0.2, -0.15) is 0 Å². The summed E-state index contributed by atoms with van der Waals surface area (Å²) >= 11 is 5.35. The van der Waals surface area contributed by atoms with Crippen LogP contribution in [-0.2, 0) is 6.54 Å². The van der Waals surface area contributed by atoms with E-state index in [1.165, 1.54) is 22.2 Å². The lowest BCUT2D eigenvalue weighted by Gasteiger charge is -2.29. The molecule has 18 heavy (non-hydrogen) atoms. The molecule has 1 aliphatic carbocycles. The number of hydrogen-bond acceptors (Lipinski definition) is 3. The summed E-state index contributed by atoms with van der Waals surface area (Å²) in [6, 6.07) is 3.65. The predicted molar refractivity (Wildman–Crippen MR) is 83.1 cm³/mol. The summed E-state index contributed by atoms with van der Waals surface area (Å²) in [5.41, 5.74) is 0. The Morgan fingerprint density at radius 3 is 2.78 bits per heavy atom. The van der Waals surface area contributed by atoms with Gasteiger partial charge >= 0.3 is 0 Å². The van der Waals surface area contributed by atoms with Gasteiger partial charge in [-0.1, -0.05) is 6.92 Å². The van der Waals surface area contributed by atoms with Gasteiger partial charge in [0.1, 0.15) is 0 Å². The summed E-state index contributed by atoms with van der Waals surface area (Å²) in [6.07, 6.45) is 2.75. The van der Waals surface area contributed by atoms with Gasteiger partial charge in [0.05, 0.1) is 0 Å². The highest BCUT2D eigenvalue weighted by Crippen LogP contribution is 2.23. The molecular formula is C14H23BrN2S. The molecule has 0 spiro atoms. The lowest BCUT2D eigenvalue weighted by atomic mass is 10.0. The summed E-state index contributed by atoms with van der Waals surface area (Å²) in [4.78, 5) is 3.89. The minimum absolute atomic E-state index is 0.608. The van der Waals surface area contributed by atoms with Crippen LogP contribution in [0.2, 0.25) is 0 Å². The highest BCUT2D eigenvalue weighted by atomic mass is 79.9. The van der Waals surface area contributed by atoms with Gasteiger partial charge in [-0.3, -0.25) is 4.90 Å². The van der Waals surface area contributed by atoms with Crippen molar-refractivity contribution < 1.29 is 0 Å². The van der Waals surface area contributed by atoms with Crippen molar-refractivity contribution in [1.82, 2.24) is 10.2 Å². The van der Waals surface area contributed by atoms with E-state index in [1.54, 1.807) is 0 Å². The third kappa shape index (κ3) is 4.34. The smallest absolute Gasteiger partial charge is 0.0328 e. The number of nitrogens with one attached hydrogen (secondary N) is 1. The van der Waals surface area contributed by atoms with Crippen LogP contribution < -0.4 is 5.32 Å². The zero-order valence-corrected chi connectivity index (χ0v) is 13.9. The summed E-state index contributed by atoms with van der Waals surface area (Å²) in [6.45, 7) is 6.87. The third-order valence-electron chi connectivity index (χ3n) is 3.85. The average Bonchev–Trinajstić information content (AvgIpc) is 3.08. The Kier molecular flexibility index (Phi) is 5.24. The SMILES string of the molecule is CC(CNC1CC1)C(C)N(C)Cc1cc(Br)cs1. The molecule has 2 atom stereocenters. The summed E-state index contributed by atoms with van der Waals surface area (Å²) in [5, 5.41) is 5.79. The quantitative estimate of drug-likeness (QED) is 0.819. The van der Waals surface area contributed by atoms with Gasteiger partial charge in [0.25, 0.3) is 0 Å². The topological polar surface area (TPSA) is 15.3 Å². The zero-order valence-electron chi connectivity index (χ0n) is 11.4. The Labute approximate surface area is 123 Å². The van der Waals surface area contributed by atoms with Crippen molar-refractivity contribution in [2.45, 2.75) is 45.3 Å². The van der Waals surface area contributed by atoms with E-state index in [2.05, 4.69) is 58.5 Å². The van der Waals surface area contributed by atoms with E-state index in [9.17, 15) is 0 Å². The zero-order chi connectivity index (χ0) is 13.1. The lowest BCUT2D eigenvalue weighted by molar-refractivity contribution is 0.190. The van der Waals surface area contributed by atoms with Gasteiger partial charge in [-0.15, -0.1) is 11.3 Å². The Bertz CT molecular complexity index is 376. The number of halogens is 1. The summed E-state index contributed by atoms with van der Waals surface area (Å²) in [7, 11) is 2.23. The van der Waals surface area contributed by atoms with Crippen LogP contribution in [0.3, 0.4) is 0 Å². The van der Waals surface area contributed by atoms with E-state index in [-0.39, 0.29) is 0 Å². The minimum Gasteiger partial charge on any atom is -0.314 e. The van der Waals surface area contributed by atoms with E-state index in [0.29, 0.717) is 12.0 Å². The van der Waals surface area contributed by atoms with Crippen molar-refractivity contribution >= 4 is 27.3 Å². The van der Waals surface area contributed by atoms with Gasteiger partial charge in [0, 0.05) is 33.4 Å². The first-order valence-electron chi connectivity index (χ1n) is 6.73. The van der Waals surface area contributed by atoms with E-state index in [0.717, 1.165) is 19.1 Å². The molecule has 0 aromatic carbocycles. The molecule has 4 heteroatoms. The highest BCUT2D eigenvalue weighted by Gasteiger charge is 2.23. The van der Waals surface area contributed by atoms with E-state index >= 15 is 0 Å². The van der Waals surface area contributed by atoms with Crippen LogP contribution in [0.5, 0.6) is 0 Å². The molecule has 1 aliphatic rings. The van der Waals surface area contributed by atoms with Gasteiger partial charge in [-0.25, -0.2) is 0 Å². The largest absolute Gasteiger partial charge is 0.314 e. The molecule has 0 aliphatic heterocycles. The Hall–Kier alpha value is 0.1000. The molecular weight excluding hydrogens is 308 g/mol. The average molecular weight is 331 g/mol. The fraction of sp³-hybridized carbons (Fsp3) is 0.714. The molecule has 0 saturated heterocycles. The molecule has 1 heterocycles. The molecule has 0 radical (unpaired) electrons. The first-order valence-corrected chi connectivity index (χ1v) is 8.40. The molecule has 2 nitrogen and oxygen atoms in total. The molecule has 0 amide bonds. The number of hydrogen-bond donors (Lipinski definition) is 1. The van der Waals surface area contributed by atoms with Crippen LogP contribution in [0, 0.1) is 5.92 Å².